The van der Waals surface area contributed by atoms with E-state index in [2.05, 4.69) is 0 Å². The van der Waals surface area contributed by atoms with Crippen molar-refractivity contribution < 1.29 is 25.9 Å². The summed E-state index contributed by atoms with van der Waals surface area (Å²) in [4.78, 5) is 0. The molecule has 0 saturated carbocycles. The van der Waals surface area contributed by atoms with Crippen LogP contribution in [0.25, 0.3) is 0 Å². The van der Waals surface area contributed by atoms with Crippen LogP contribution in [0.5, 0.6) is 0 Å². The monoisotopic (exact) mass is 400 g/mol. The van der Waals surface area contributed by atoms with Crippen LogP contribution in [0.1, 0.15) is 11.5 Å². The van der Waals surface area contributed by atoms with Gasteiger partial charge in [-0.2, -0.15) is 0 Å². The summed E-state index contributed by atoms with van der Waals surface area (Å²) >= 11 is 0. The van der Waals surface area contributed by atoms with Crippen LogP contribution in [0.3, 0.4) is 0 Å². The molecule has 0 saturated heterocycles. The second-order valence-corrected chi connectivity index (χ2v) is 17.7. The molecule has 9 heteroatoms. The SMILES string of the molecule is C[Si](C)(OCc1ccco1)O[Si](C)(C)O[Si](C)(C)OCc1ccco1. The Morgan fingerprint density at radius 3 is 1.40 bits per heavy atom. The van der Waals surface area contributed by atoms with Crippen molar-refractivity contribution in [3.63, 3.8) is 0 Å². The van der Waals surface area contributed by atoms with E-state index in [-0.39, 0.29) is 0 Å². The van der Waals surface area contributed by atoms with Gasteiger partial charge in [-0.15, -0.1) is 0 Å². The zero-order valence-corrected chi connectivity index (χ0v) is 18.8. The molecule has 0 N–H and O–H groups in total. The van der Waals surface area contributed by atoms with Crippen molar-refractivity contribution in [1.29, 1.82) is 0 Å². The molecule has 6 nitrogen and oxygen atoms in total. The van der Waals surface area contributed by atoms with Crippen LogP contribution >= 0.6 is 0 Å². The Balaban J connectivity index is 1.85. The first-order valence-corrected chi connectivity index (χ1v) is 16.7. The lowest BCUT2D eigenvalue weighted by molar-refractivity contribution is 0.179. The highest BCUT2D eigenvalue weighted by atomic mass is 28.5. The molecule has 2 heterocycles. The zero-order valence-electron chi connectivity index (χ0n) is 15.8. The number of hydrogen-bond acceptors (Lipinski definition) is 6. The predicted molar refractivity (Wildman–Crippen MR) is 102 cm³/mol. The summed E-state index contributed by atoms with van der Waals surface area (Å²) in [6.45, 7) is 13.0. The Morgan fingerprint density at radius 1 is 0.680 bits per heavy atom. The Morgan fingerprint density at radius 2 is 1.08 bits per heavy atom. The van der Waals surface area contributed by atoms with Gasteiger partial charge in [0.2, 0.25) is 0 Å². The molecule has 0 aliphatic rings. The second kappa shape index (κ2) is 8.16. The normalized spacial score (nSPS) is 13.4. The molecule has 2 aromatic heterocycles. The molecule has 140 valence electrons. The van der Waals surface area contributed by atoms with Crippen molar-refractivity contribution in [3.05, 3.63) is 48.3 Å². The molecule has 0 unspecified atom stereocenters. The van der Waals surface area contributed by atoms with Gasteiger partial charge in [-0.3, -0.25) is 0 Å². The van der Waals surface area contributed by atoms with Crippen LogP contribution in [0.4, 0.5) is 0 Å². The van der Waals surface area contributed by atoms with Crippen LogP contribution in [0, 0.1) is 0 Å². The van der Waals surface area contributed by atoms with E-state index in [1.54, 1.807) is 12.5 Å². The summed E-state index contributed by atoms with van der Waals surface area (Å²) in [6, 6.07) is 7.48. The Labute approximate surface area is 152 Å². The third-order valence-electron chi connectivity index (χ3n) is 3.27. The molecule has 0 atom stereocenters. The van der Waals surface area contributed by atoms with Gasteiger partial charge in [0.05, 0.1) is 25.7 Å². The van der Waals surface area contributed by atoms with Crippen LogP contribution < -0.4 is 0 Å². The molecule has 0 amide bonds. The first-order chi connectivity index (χ1) is 11.6. The van der Waals surface area contributed by atoms with Crippen molar-refractivity contribution in [3.8, 4) is 0 Å². The topological polar surface area (TPSA) is 63.2 Å². The predicted octanol–water partition coefficient (Wildman–Crippen LogP) is 4.74. The molecule has 0 fully saturated rings. The summed E-state index contributed by atoms with van der Waals surface area (Å²) in [5.74, 6) is 1.59. The Hall–Kier alpha value is -0.949. The van der Waals surface area contributed by atoms with Gasteiger partial charge in [0, 0.05) is 0 Å². The molecule has 0 spiro atoms. The minimum atomic E-state index is -2.41. The first-order valence-electron chi connectivity index (χ1n) is 8.30. The molecule has 25 heavy (non-hydrogen) atoms. The average Bonchev–Trinajstić information content (AvgIpc) is 3.14. The first kappa shape index (κ1) is 20.4. The lowest BCUT2D eigenvalue weighted by atomic mass is 10.5. The van der Waals surface area contributed by atoms with Crippen LogP contribution in [-0.4, -0.2) is 25.7 Å². The lowest BCUT2D eigenvalue weighted by Crippen LogP contribution is -2.54. The third kappa shape index (κ3) is 7.44. The molecular formula is C16H28O6Si3. The fraction of sp³-hybridized carbons (Fsp3) is 0.500. The van der Waals surface area contributed by atoms with Crippen LogP contribution in [0.15, 0.2) is 45.6 Å². The van der Waals surface area contributed by atoms with Gasteiger partial charge in [-0.25, -0.2) is 0 Å². The highest BCUT2D eigenvalue weighted by Crippen LogP contribution is 2.23. The maximum atomic E-state index is 6.32. The molecule has 0 bridgehead atoms. The van der Waals surface area contributed by atoms with E-state index in [0.717, 1.165) is 11.5 Å². The molecular weight excluding hydrogens is 372 g/mol. The fourth-order valence-corrected chi connectivity index (χ4v) is 14.0. The summed E-state index contributed by atoms with van der Waals surface area (Å²) in [5.41, 5.74) is 0. The van der Waals surface area contributed by atoms with Gasteiger partial charge < -0.3 is 25.9 Å². The van der Waals surface area contributed by atoms with E-state index in [1.165, 1.54) is 0 Å². The highest BCUT2D eigenvalue weighted by Gasteiger charge is 2.42. The average molecular weight is 401 g/mol. The van der Waals surface area contributed by atoms with E-state index in [4.69, 9.17) is 25.9 Å². The minimum Gasteiger partial charge on any atom is -0.467 e. The van der Waals surface area contributed by atoms with Crippen LogP contribution in [-0.2, 0) is 30.3 Å². The second-order valence-electron chi connectivity index (χ2n) is 7.14. The van der Waals surface area contributed by atoms with Gasteiger partial charge in [-0.05, 0) is 63.5 Å². The third-order valence-corrected chi connectivity index (χ3v) is 12.8. The van der Waals surface area contributed by atoms with Crippen LogP contribution in [0.2, 0.25) is 39.3 Å². The standard InChI is InChI=1S/C16H28O6Si3/c1-23(2,19-13-15-9-7-11-17-15)21-25(5,6)22-24(3,4)20-14-16-10-8-12-18-16/h7-12H,13-14H2,1-6H3. The number of rotatable bonds is 10. The molecule has 0 aliphatic heterocycles. The Bertz CT molecular complexity index is 568. The van der Waals surface area contributed by atoms with Crippen molar-refractivity contribution in [2.75, 3.05) is 0 Å². The maximum Gasteiger partial charge on any atom is 0.323 e. The molecule has 2 aromatic rings. The van der Waals surface area contributed by atoms with Gasteiger partial charge in [0.25, 0.3) is 0 Å². The van der Waals surface area contributed by atoms with Crippen molar-refractivity contribution in [2.24, 2.45) is 0 Å². The highest BCUT2D eigenvalue weighted by molar-refractivity contribution is 6.84. The molecule has 2 rings (SSSR count). The quantitative estimate of drug-likeness (QED) is 0.537. The minimum absolute atomic E-state index is 0.409. The summed E-state index contributed by atoms with van der Waals surface area (Å²) < 4.78 is 35.2. The summed E-state index contributed by atoms with van der Waals surface area (Å²) in [5, 5.41) is 0. The van der Waals surface area contributed by atoms with Gasteiger partial charge in [0.15, 0.2) is 0 Å². The summed E-state index contributed by atoms with van der Waals surface area (Å²) in [6.07, 6.45) is 3.28. The fourth-order valence-electron chi connectivity index (χ4n) is 2.54. The Kier molecular flexibility index (Phi) is 6.65. The van der Waals surface area contributed by atoms with E-state index >= 15 is 0 Å². The molecule has 0 radical (unpaired) electrons. The lowest BCUT2D eigenvalue weighted by Gasteiger charge is -2.37. The molecule has 0 aromatic carbocycles. The van der Waals surface area contributed by atoms with Crippen molar-refractivity contribution >= 4 is 25.7 Å². The zero-order chi connectivity index (χ0) is 18.6. The number of hydrogen-bond donors (Lipinski definition) is 0. The summed E-state index contributed by atoms with van der Waals surface area (Å²) in [7, 11) is -7.10. The maximum absolute atomic E-state index is 6.32. The molecule has 0 aliphatic carbocycles. The largest absolute Gasteiger partial charge is 0.467 e. The van der Waals surface area contributed by atoms with Crippen molar-refractivity contribution in [1.82, 2.24) is 0 Å². The van der Waals surface area contributed by atoms with Gasteiger partial charge in [0.1, 0.15) is 11.5 Å². The smallest absolute Gasteiger partial charge is 0.323 e. The van der Waals surface area contributed by atoms with E-state index in [0.29, 0.717) is 13.2 Å². The van der Waals surface area contributed by atoms with E-state index in [1.807, 2.05) is 63.5 Å². The van der Waals surface area contributed by atoms with Crippen molar-refractivity contribution in [2.45, 2.75) is 52.5 Å². The number of furan rings is 2. The van der Waals surface area contributed by atoms with E-state index in [9.17, 15) is 0 Å². The van der Waals surface area contributed by atoms with Gasteiger partial charge >= 0.3 is 25.7 Å². The van der Waals surface area contributed by atoms with E-state index < -0.39 is 25.7 Å². The van der Waals surface area contributed by atoms with Gasteiger partial charge in [-0.1, -0.05) is 0 Å².